The number of anilines is 3. The lowest BCUT2D eigenvalue weighted by Gasteiger charge is -2.46. The summed E-state index contributed by atoms with van der Waals surface area (Å²) in [6, 6.07) is 62.1. The maximum absolute atomic E-state index is 6.71. The van der Waals surface area contributed by atoms with Crippen molar-refractivity contribution in [3.05, 3.63) is 170 Å². The van der Waals surface area contributed by atoms with Gasteiger partial charge in [-0.25, -0.2) is 0 Å². The number of hydrogen-bond donors (Lipinski definition) is 0. The van der Waals surface area contributed by atoms with E-state index in [1.165, 1.54) is 36.3 Å². The second kappa shape index (κ2) is 10.2. The summed E-state index contributed by atoms with van der Waals surface area (Å²) in [4.78, 5) is 2.38. The fourth-order valence-corrected chi connectivity index (χ4v) is 18.6. The van der Waals surface area contributed by atoms with E-state index in [4.69, 9.17) is 9.47 Å². The van der Waals surface area contributed by atoms with Crippen LogP contribution in [-0.4, -0.2) is 16.9 Å². The molecule has 3 aliphatic rings. The van der Waals surface area contributed by atoms with Crippen molar-refractivity contribution in [1.29, 1.82) is 0 Å². The van der Waals surface area contributed by atoms with Gasteiger partial charge >= 0.3 is 0 Å². The van der Waals surface area contributed by atoms with Crippen molar-refractivity contribution in [3.63, 3.8) is 0 Å². The zero-order valence-electron chi connectivity index (χ0n) is 25.5. The largest absolute Gasteiger partial charge is 0.458 e. The number of nitrogens with zero attached hydrogens (tertiary/aromatic N) is 1. The Morgan fingerprint density at radius 1 is 0.404 bits per heavy atom. The van der Waals surface area contributed by atoms with Gasteiger partial charge in [-0.05, 0) is 69.3 Å². The molecule has 7 aromatic carbocycles. The lowest BCUT2D eigenvalue weighted by atomic mass is 10.1. The number of benzene rings is 7. The third kappa shape index (κ3) is 3.72. The Hall–Kier alpha value is -5.63. The topological polar surface area (TPSA) is 21.7 Å². The fourth-order valence-electron chi connectivity index (χ4n) is 8.22. The average molecular weight is 636 g/mol. The molecule has 0 amide bonds. The van der Waals surface area contributed by atoms with Crippen LogP contribution in [0.15, 0.2) is 170 Å². The standard InChI is InChI=1S/C42H29NO2Si2/c1-2-14-30(15-3-1)46-37-22-10-13-25-41(37)47(39-23-11-8-20-35(39)45-36-21-9-12-24-40(36)47)42-28-29(26-27-38(42)46)43-31-16-4-6-18-33(31)44-34-19-7-5-17-32(34)43/h1-28,46H. The highest BCUT2D eigenvalue weighted by Gasteiger charge is 2.53. The summed E-state index contributed by atoms with van der Waals surface area (Å²) in [6.45, 7) is 0. The molecule has 0 fully saturated rings. The zero-order valence-corrected chi connectivity index (χ0v) is 27.7. The summed E-state index contributed by atoms with van der Waals surface area (Å²) >= 11 is 0. The van der Waals surface area contributed by atoms with E-state index < -0.39 is 16.9 Å². The van der Waals surface area contributed by atoms with Crippen LogP contribution < -0.4 is 50.7 Å². The van der Waals surface area contributed by atoms with Gasteiger partial charge in [-0.1, -0.05) is 137 Å². The summed E-state index contributed by atoms with van der Waals surface area (Å²) in [5.41, 5.74) is 3.23. The molecule has 5 heteroatoms. The molecule has 1 atom stereocenters. The van der Waals surface area contributed by atoms with Gasteiger partial charge in [-0.15, -0.1) is 0 Å². The molecule has 47 heavy (non-hydrogen) atoms. The minimum absolute atomic E-state index is 0.861. The van der Waals surface area contributed by atoms with Crippen LogP contribution in [0.1, 0.15) is 0 Å². The van der Waals surface area contributed by atoms with E-state index in [9.17, 15) is 0 Å². The number of ether oxygens (including phenoxy) is 2. The first-order valence-corrected chi connectivity index (χ1v) is 19.9. The quantitative estimate of drug-likeness (QED) is 0.241. The molecular weight excluding hydrogens is 607 g/mol. The van der Waals surface area contributed by atoms with Gasteiger partial charge in [-0.3, -0.25) is 0 Å². The van der Waals surface area contributed by atoms with Crippen LogP contribution in [0.25, 0.3) is 0 Å². The molecule has 3 aliphatic heterocycles. The van der Waals surface area contributed by atoms with E-state index in [1.807, 2.05) is 12.1 Å². The Balaban J connectivity index is 1.34. The van der Waals surface area contributed by atoms with Crippen molar-refractivity contribution in [2.75, 3.05) is 4.90 Å². The highest BCUT2D eigenvalue weighted by Crippen LogP contribution is 2.50. The lowest BCUT2D eigenvalue weighted by Crippen LogP contribution is -2.87. The summed E-state index contributed by atoms with van der Waals surface area (Å²) in [6.07, 6.45) is 0. The highest BCUT2D eigenvalue weighted by atomic mass is 28.3. The van der Waals surface area contributed by atoms with Crippen LogP contribution >= 0.6 is 0 Å². The van der Waals surface area contributed by atoms with Crippen molar-refractivity contribution in [2.24, 2.45) is 0 Å². The summed E-state index contributed by atoms with van der Waals surface area (Å²) in [5.74, 6) is 3.65. The molecule has 0 aliphatic carbocycles. The van der Waals surface area contributed by atoms with Crippen molar-refractivity contribution < 1.29 is 9.47 Å². The predicted octanol–water partition coefficient (Wildman–Crippen LogP) is 5.31. The molecule has 10 rings (SSSR count). The van der Waals surface area contributed by atoms with E-state index in [0.29, 0.717) is 0 Å². The van der Waals surface area contributed by atoms with Gasteiger partial charge in [0.25, 0.3) is 0 Å². The van der Waals surface area contributed by atoms with Crippen molar-refractivity contribution in [3.8, 4) is 23.0 Å². The molecule has 0 N–H and O–H groups in total. The van der Waals surface area contributed by atoms with Gasteiger partial charge < -0.3 is 14.4 Å². The minimum Gasteiger partial charge on any atom is -0.458 e. The van der Waals surface area contributed by atoms with Crippen LogP contribution in [0.4, 0.5) is 17.1 Å². The summed E-state index contributed by atoms with van der Waals surface area (Å²) in [5, 5.41) is 10.0. The summed E-state index contributed by atoms with van der Waals surface area (Å²) < 4.78 is 13.1. The molecule has 7 aromatic rings. The number of para-hydroxylation sites is 6. The maximum Gasteiger partial charge on any atom is 0.188 e. The second-order valence-corrected chi connectivity index (χ2v) is 18.9. The minimum atomic E-state index is -2.85. The van der Waals surface area contributed by atoms with E-state index in [0.717, 1.165) is 40.1 Å². The first-order chi connectivity index (χ1) is 23.3. The highest BCUT2D eigenvalue weighted by molar-refractivity contribution is 7.27. The van der Waals surface area contributed by atoms with E-state index >= 15 is 0 Å². The van der Waals surface area contributed by atoms with Crippen LogP contribution in [0.2, 0.25) is 0 Å². The molecule has 0 bridgehead atoms. The Morgan fingerprint density at radius 3 is 1.55 bits per heavy atom. The zero-order chi connectivity index (χ0) is 31.0. The van der Waals surface area contributed by atoms with Gasteiger partial charge in [0.2, 0.25) is 0 Å². The molecule has 0 saturated heterocycles. The maximum atomic E-state index is 6.71. The molecule has 1 spiro atoms. The van der Waals surface area contributed by atoms with E-state index in [2.05, 4.69) is 163 Å². The number of rotatable bonds is 2. The van der Waals surface area contributed by atoms with Gasteiger partial charge in [0.05, 0.1) is 11.4 Å². The smallest absolute Gasteiger partial charge is 0.188 e. The van der Waals surface area contributed by atoms with Crippen molar-refractivity contribution >= 4 is 70.2 Å². The predicted molar refractivity (Wildman–Crippen MR) is 197 cm³/mol. The van der Waals surface area contributed by atoms with Gasteiger partial charge in [0, 0.05) is 5.69 Å². The molecule has 1 unspecified atom stereocenters. The van der Waals surface area contributed by atoms with Crippen molar-refractivity contribution in [2.45, 2.75) is 0 Å². The van der Waals surface area contributed by atoms with Crippen LogP contribution in [-0.2, 0) is 0 Å². The molecule has 0 radical (unpaired) electrons. The first kappa shape index (κ1) is 26.6. The Kier molecular flexibility index (Phi) is 5.76. The van der Waals surface area contributed by atoms with Crippen molar-refractivity contribution in [1.82, 2.24) is 0 Å². The summed E-state index contributed by atoms with van der Waals surface area (Å²) in [7, 11) is -4.71. The van der Waals surface area contributed by atoms with Gasteiger partial charge in [0.1, 0.15) is 20.3 Å². The Morgan fingerprint density at radius 2 is 0.894 bits per heavy atom. The molecule has 0 aromatic heterocycles. The van der Waals surface area contributed by atoms with Gasteiger partial charge in [-0.2, -0.15) is 0 Å². The molecular formula is C42H29NO2Si2. The van der Waals surface area contributed by atoms with Crippen LogP contribution in [0, 0.1) is 0 Å². The third-order valence-corrected chi connectivity index (χ3v) is 18.9. The van der Waals surface area contributed by atoms with Gasteiger partial charge in [0.15, 0.2) is 19.6 Å². The molecule has 3 heterocycles. The SMILES string of the molecule is c1ccc([SiH]2c3ccccc3[Si]3(c4ccccc4Oc4ccccc43)c3cc(N4c5ccccc5Oc5ccccc54)ccc32)cc1. The first-order valence-electron chi connectivity index (χ1n) is 16.1. The van der Waals surface area contributed by atoms with Crippen LogP contribution in [0.3, 0.4) is 0 Å². The second-order valence-electron chi connectivity index (χ2n) is 12.4. The molecule has 3 nitrogen and oxygen atoms in total. The van der Waals surface area contributed by atoms with Crippen LogP contribution in [0.5, 0.6) is 23.0 Å². The van der Waals surface area contributed by atoms with E-state index in [-0.39, 0.29) is 0 Å². The third-order valence-electron chi connectivity index (χ3n) is 10.1. The Labute approximate surface area is 276 Å². The average Bonchev–Trinajstić information content (AvgIpc) is 3.14. The normalized spacial score (nSPS) is 15.9. The fraction of sp³-hybridized carbons (Fsp3) is 0. The molecule has 222 valence electrons. The lowest BCUT2D eigenvalue weighted by molar-refractivity contribution is 0.477. The monoisotopic (exact) mass is 635 g/mol. The Bertz CT molecular complexity index is 2260. The number of hydrogen-bond acceptors (Lipinski definition) is 3. The molecule has 0 saturated carbocycles. The number of fused-ring (bicyclic) bond motifs is 10. The van der Waals surface area contributed by atoms with E-state index in [1.54, 1.807) is 0 Å².